The van der Waals surface area contributed by atoms with E-state index in [9.17, 15) is 23.7 Å². The molecule has 0 unspecified atom stereocenters. The predicted octanol–water partition coefficient (Wildman–Crippen LogP) is 3.45. The van der Waals surface area contributed by atoms with Gasteiger partial charge in [0.25, 0.3) is 5.69 Å². The fraction of sp³-hybridized carbons (Fsp3) is 0.0714. The molecule has 2 rings (SSSR count). The van der Waals surface area contributed by atoms with Crippen molar-refractivity contribution in [3.63, 3.8) is 0 Å². The van der Waals surface area contributed by atoms with E-state index in [0.29, 0.717) is 6.07 Å². The number of esters is 1. The lowest BCUT2D eigenvalue weighted by atomic mass is 10.2. The number of rotatable bonds is 4. The summed E-state index contributed by atoms with van der Waals surface area (Å²) in [5.74, 6) is -2.87. The molecule has 0 aliphatic heterocycles. The highest BCUT2D eigenvalue weighted by Gasteiger charge is 2.16. The van der Waals surface area contributed by atoms with Gasteiger partial charge in [-0.2, -0.15) is 0 Å². The Morgan fingerprint density at radius 3 is 2.18 bits per heavy atom. The lowest BCUT2D eigenvalue weighted by Gasteiger charge is -2.08. The van der Waals surface area contributed by atoms with E-state index < -0.39 is 28.2 Å². The molecule has 8 heteroatoms. The molecular formula is C14H9F2NO5. The van der Waals surface area contributed by atoms with Crippen LogP contribution in [0.1, 0.15) is 10.4 Å². The van der Waals surface area contributed by atoms with Crippen LogP contribution in [0.3, 0.4) is 0 Å². The van der Waals surface area contributed by atoms with E-state index >= 15 is 0 Å². The first-order valence-electron chi connectivity index (χ1n) is 5.91. The zero-order valence-electron chi connectivity index (χ0n) is 11.2. The fourth-order valence-corrected chi connectivity index (χ4v) is 1.71. The minimum absolute atomic E-state index is 0.122. The van der Waals surface area contributed by atoms with Crippen molar-refractivity contribution in [1.82, 2.24) is 0 Å². The van der Waals surface area contributed by atoms with Gasteiger partial charge in [0.1, 0.15) is 23.1 Å². The smallest absolute Gasteiger partial charge is 0.338 e. The fourth-order valence-electron chi connectivity index (χ4n) is 1.71. The highest BCUT2D eigenvalue weighted by atomic mass is 19.1. The molecule has 0 saturated carbocycles. The molecule has 2 aromatic rings. The van der Waals surface area contributed by atoms with Crippen molar-refractivity contribution in [3.05, 3.63) is 63.7 Å². The van der Waals surface area contributed by atoms with Crippen molar-refractivity contribution in [2.45, 2.75) is 0 Å². The normalized spacial score (nSPS) is 10.1. The molecule has 0 atom stereocenters. The van der Waals surface area contributed by atoms with E-state index in [1.807, 2.05) is 0 Å². The third-order valence-corrected chi connectivity index (χ3v) is 2.59. The average molecular weight is 309 g/mol. The minimum Gasteiger partial charge on any atom is -0.465 e. The highest BCUT2D eigenvalue weighted by molar-refractivity contribution is 5.90. The number of nitro benzene ring substituents is 1. The maximum absolute atomic E-state index is 13.1. The van der Waals surface area contributed by atoms with Gasteiger partial charge in [0, 0.05) is 24.3 Å². The Kier molecular flexibility index (Phi) is 4.31. The Bertz CT molecular complexity index is 728. The van der Waals surface area contributed by atoms with Crippen LogP contribution >= 0.6 is 0 Å². The average Bonchev–Trinajstić information content (AvgIpc) is 2.44. The van der Waals surface area contributed by atoms with Gasteiger partial charge in [0.2, 0.25) is 0 Å². The van der Waals surface area contributed by atoms with Crippen LogP contribution in [0.5, 0.6) is 11.5 Å². The van der Waals surface area contributed by atoms with Gasteiger partial charge in [-0.1, -0.05) is 0 Å². The minimum atomic E-state index is -0.867. The van der Waals surface area contributed by atoms with Gasteiger partial charge in [0.05, 0.1) is 23.7 Å². The quantitative estimate of drug-likeness (QED) is 0.491. The Morgan fingerprint density at radius 2 is 1.64 bits per heavy atom. The third kappa shape index (κ3) is 3.54. The monoisotopic (exact) mass is 309 g/mol. The molecule has 2 aromatic carbocycles. The molecule has 0 saturated heterocycles. The van der Waals surface area contributed by atoms with Crippen LogP contribution in [0.2, 0.25) is 0 Å². The van der Waals surface area contributed by atoms with Crippen LogP contribution in [0.15, 0.2) is 36.4 Å². The second-order valence-corrected chi connectivity index (χ2v) is 4.17. The van der Waals surface area contributed by atoms with Crippen molar-refractivity contribution in [1.29, 1.82) is 0 Å². The second-order valence-electron chi connectivity index (χ2n) is 4.17. The molecule has 0 amide bonds. The topological polar surface area (TPSA) is 78.7 Å². The molecule has 0 heterocycles. The molecule has 0 aromatic heterocycles. The molecule has 22 heavy (non-hydrogen) atoms. The molecule has 0 fully saturated rings. The SMILES string of the molecule is COC(=O)c1cc(Oc2cc(F)cc(F)c2)cc([N+](=O)[O-])c1. The van der Waals surface area contributed by atoms with Gasteiger partial charge >= 0.3 is 5.97 Å². The number of benzene rings is 2. The number of hydrogen-bond acceptors (Lipinski definition) is 5. The number of ether oxygens (including phenoxy) is 2. The number of hydrogen-bond donors (Lipinski definition) is 0. The number of nitro groups is 1. The molecule has 114 valence electrons. The van der Waals surface area contributed by atoms with Gasteiger partial charge < -0.3 is 9.47 Å². The number of methoxy groups -OCH3 is 1. The van der Waals surface area contributed by atoms with E-state index in [0.717, 1.165) is 31.4 Å². The van der Waals surface area contributed by atoms with Gasteiger partial charge in [-0.15, -0.1) is 0 Å². The van der Waals surface area contributed by atoms with E-state index in [1.165, 1.54) is 6.07 Å². The van der Waals surface area contributed by atoms with E-state index in [1.54, 1.807) is 0 Å². The van der Waals surface area contributed by atoms with Crippen LogP contribution < -0.4 is 4.74 Å². The van der Waals surface area contributed by atoms with Crippen molar-refractivity contribution in [3.8, 4) is 11.5 Å². The third-order valence-electron chi connectivity index (χ3n) is 2.59. The summed E-state index contributed by atoms with van der Waals surface area (Å²) in [7, 11) is 1.11. The Balaban J connectivity index is 2.43. The van der Waals surface area contributed by atoms with Gasteiger partial charge in [-0.3, -0.25) is 10.1 Å². The van der Waals surface area contributed by atoms with E-state index in [2.05, 4.69) is 4.74 Å². The van der Waals surface area contributed by atoms with E-state index in [4.69, 9.17) is 4.74 Å². The molecule has 0 spiro atoms. The largest absolute Gasteiger partial charge is 0.465 e. The Morgan fingerprint density at radius 1 is 1.05 bits per heavy atom. The standard InChI is InChI=1S/C14H9F2NO5/c1-21-14(18)8-2-11(17(19)20)7-12(3-8)22-13-5-9(15)4-10(16)6-13/h2-7H,1H3. The lowest BCUT2D eigenvalue weighted by Crippen LogP contribution is -2.03. The van der Waals surface area contributed by atoms with Crippen LogP contribution in [0, 0.1) is 21.7 Å². The zero-order chi connectivity index (χ0) is 16.3. The predicted molar refractivity (Wildman–Crippen MR) is 70.9 cm³/mol. The summed E-state index contributed by atoms with van der Waals surface area (Å²) in [5.41, 5.74) is -0.543. The molecule has 0 bridgehead atoms. The van der Waals surface area contributed by atoms with Crippen LogP contribution in [-0.2, 0) is 4.74 Å². The van der Waals surface area contributed by atoms with Crippen LogP contribution in [0.4, 0.5) is 14.5 Å². The van der Waals surface area contributed by atoms with Crippen molar-refractivity contribution >= 4 is 11.7 Å². The Hall–Kier alpha value is -3.03. The Labute approximate surface area is 123 Å². The summed E-state index contributed by atoms with van der Waals surface area (Å²) in [6.07, 6.45) is 0. The van der Waals surface area contributed by atoms with Crippen LogP contribution in [0.25, 0.3) is 0 Å². The number of halogens is 2. The van der Waals surface area contributed by atoms with Crippen LogP contribution in [-0.4, -0.2) is 18.0 Å². The van der Waals surface area contributed by atoms with Crippen molar-refractivity contribution in [2.75, 3.05) is 7.11 Å². The summed E-state index contributed by atoms with van der Waals surface area (Å²) in [6.45, 7) is 0. The number of non-ortho nitro benzene ring substituents is 1. The lowest BCUT2D eigenvalue weighted by molar-refractivity contribution is -0.384. The molecule has 0 aliphatic rings. The maximum Gasteiger partial charge on any atom is 0.338 e. The summed E-state index contributed by atoms with van der Waals surface area (Å²) in [5, 5.41) is 10.9. The number of carbonyl (C=O) groups is 1. The molecule has 0 radical (unpaired) electrons. The first-order chi connectivity index (χ1) is 10.4. The van der Waals surface area contributed by atoms with Gasteiger partial charge in [-0.05, 0) is 6.07 Å². The first-order valence-corrected chi connectivity index (χ1v) is 5.91. The highest BCUT2D eigenvalue weighted by Crippen LogP contribution is 2.28. The molecule has 0 N–H and O–H groups in total. The zero-order valence-corrected chi connectivity index (χ0v) is 11.2. The first kappa shape index (κ1) is 15.4. The summed E-state index contributed by atoms with van der Waals surface area (Å²) < 4.78 is 35.8. The second kappa shape index (κ2) is 6.17. The molecular weight excluding hydrogens is 300 g/mol. The summed E-state index contributed by atoms with van der Waals surface area (Å²) >= 11 is 0. The van der Waals surface area contributed by atoms with Gasteiger partial charge in [0.15, 0.2) is 0 Å². The summed E-state index contributed by atoms with van der Waals surface area (Å²) in [6, 6.07) is 5.65. The maximum atomic E-state index is 13.1. The molecule has 0 aliphatic carbocycles. The summed E-state index contributed by atoms with van der Waals surface area (Å²) in [4.78, 5) is 21.6. The van der Waals surface area contributed by atoms with Crippen molar-refractivity contribution in [2.24, 2.45) is 0 Å². The van der Waals surface area contributed by atoms with Gasteiger partial charge in [-0.25, -0.2) is 13.6 Å². The number of nitrogens with zero attached hydrogens (tertiary/aromatic N) is 1. The molecule has 6 nitrogen and oxygen atoms in total. The number of carbonyl (C=O) groups excluding carboxylic acids is 1. The van der Waals surface area contributed by atoms with Crippen molar-refractivity contribution < 1.29 is 28.0 Å². The van der Waals surface area contributed by atoms with E-state index in [-0.39, 0.29) is 17.1 Å².